The second-order valence-corrected chi connectivity index (χ2v) is 6.93. The lowest BCUT2D eigenvalue weighted by atomic mass is 10.1. The van der Waals surface area contributed by atoms with E-state index < -0.39 is 17.6 Å². The number of fused-ring (bicyclic) bond motifs is 2. The van der Waals surface area contributed by atoms with E-state index in [2.05, 4.69) is 15.7 Å². The third-order valence-corrected chi connectivity index (χ3v) is 5.11. The largest absolute Gasteiger partial charge is 0.418 e. The van der Waals surface area contributed by atoms with Gasteiger partial charge in [-0.25, -0.2) is 14.8 Å². The highest BCUT2D eigenvalue weighted by Crippen LogP contribution is 2.46. The van der Waals surface area contributed by atoms with Crippen LogP contribution in [0.1, 0.15) is 38.3 Å². The number of amides is 1. The molecular formula is C18H20F4N4OS. The van der Waals surface area contributed by atoms with Gasteiger partial charge in [0, 0.05) is 21.3 Å². The van der Waals surface area contributed by atoms with Gasteiger partial charge in [0.05, 0.1) is 27.5 Å². The Labute approximate surface area is 164 Å². The third-order valence-electron chi connectivity index (χ3n) is 4.09. The molecule has 2 heterocycles. The summed E-state index contributed by atoms with van der Waals surface area (Å²) in [5, 5.41) is 4.23. The normalized spacial score (nSPS) is 15.2. The van der Waals surface area contributed by atoms with Crippen molar-refractivity contribution in [3.63, 3.8) is 0 Å². The molecule has 4 rings (SSSR count). The van der Waals surface area contributed by atoms with Crippen LogP contribution in [-0.4, -0.2) is 17.4 Å². The number of carbonyl (C=O) groups excluding carboxylic acids is 1. The fraction of sp³-hybridized carbons (Fsp3) is 0.333. The molecule has 0 radical (unpaired) electrons. The van der Waals surface area contributed by atoms with Crippen LogP contribution in [0.4, 0.5) is 28.4 Å². The number of hydrogen-bond donors (Lipinski definition) is 2. The number of rotatable bonds is 2. The molecule has 2 aromatic rings. The Kier molecular flexibility index (Phi) is 5.44. The Morgan fingerprint density at radius 3 is 2.71 bits per heavy atom. The number of hydrazine groups is 1. The van der Waals surface area contributed by atoms with E-state index in [1.54, 1.807) is 0 Å². The monoisotopic (exact) mass is 416 g/mol. The van der Waals surface area contributed by atoms with Crippen LogP contribution < -0.4 is 15.8 Å². The van der Waals surface area contributed by atoms with Crippen molar-refractivity contribution >= 4 is 33.8 Å². The zero-order valence-corrected chi connectivity index (χ0v) is 16.2. The van der Waals surface area contributed by atoms with Crippen molar-refractivity contribution in [2.24, 2.45) is 0 Å². The molecule has 1 aromatic heterocycles. The molecule has 2 N–H and O–H groups in total. The van der Waals surface area contributed by atoms with Crippen molar-refractivity contribution in [2.75, 3.05) is 16.9 Å². The molecule has 0 bridgehead atoms. The number of hydrogen-bond acceptors (Lipinski definition) is 5. The summed E-state index contributed by atoms with van der Waals surface area (Å²) >= 11 is 1.19. The molecule has 28 heavy (non-hydrogen) atoms. The van der Waals surface area contributed by atoms with Gasteiger partial charge in [0.15, 0.2) is 5.13 Å². The van der Waals surface area contributed by atoms with Crippen molar-refractivity contribution in [1.29, 1.82) is 0 Å². The van der Waals surface area contributed by atoms with Gasteiger partial charge in [-0.2, -0.15) is 13.2 Å². The number of nitrogens with one attached hydrogen (secondary N) is 2. The molecule has 0 atom stereocenters. The summed E-state index contributed by atoms with van der Waals surface area (Å²) in [4.78, 5) is 16.2. The van der Waals surface area contributed by atoms with E-state index in [0.717, 1.165) is 23.8 Å². The summed E-state index contributed by atoms with van der Waals surface area (Å²) in [6, 6.07) is 2.38. The molecule has 0 fully saturated rings. The zero-order valence-electron chi connectivity index (χ0n) is 15.4. The molecule has 0 unspecified atom stereocenters. The van der Waals surface area contributed by atoms with E-state index >= 15 is 0 Å². The predicted molar refractivity (Wildman–Crippen MR) is 102 cm³/mol. The zero-order chi connectivity index (χ0) is 20.6. The van der Waals surface area contributed by atoms with Crippen LogP contribution in [-0.2, 0) is 17.4 Å². The third kappa shape index (κ3) is 3.61. The highest BCUT2D eigenvalue weighted by atomic mass is 32.1. The number of benzene rings is 1. The average Bonchev–Trinajstić information content (AvgIpc) is 3.25. The fourth-order valence-corrected chi connectivity index (χ4v) is 4.21. The van der Waals surface area contributed by atoms with Gasteiger partial charge in [0.1, 0.15) is 5.82 Å². The van der Waals surface area contributed by atoms with Crippen LogP contribution in [0.15, 0.2) is 23.8 Å². The van der Waals surface area contributed by atoms with Crippen LogP contribution in [0.2, 0.25) is 0 Å². The topological polar surface area (TPSA) is 57.3 Å². The Hall–Kier alpha value is -2.46. The molecular weight excluding hydrogens is 396 g/mol. The van der Waals surface area contributed by atoms with Crippen LogP contribution in [0.5, 0.6) is 0 Å². The Morgan fingerprint density at radius 1 is 1.36 bits per heavy atom. The molecule has 0 saturated carbocycles. The van der Waals surface area contributed by atoms with Gasteiger partial charge in [-0.1, -0.05) is 25.2 Å². The summed E-state index contributed by atoms with van der Waals surface area (Å²) < 4.78 is 53.8. The number of nitrogens with zero attached hydrogens (tertiary/aromatic N) is 2. The summed E-state index contributed by atoms with van der Waals surface area (Å²) in [5.74, 6) is -1.04. The van der Waals surface area contributed by atoms with E-state index in [1.165, 1.54) is 23.3 Å². The standard InChI is InChI=1S/C16H12F4N4OS.C2H6.H2/c1-7(25)22-15-23-11-4-8-6-21-24(13(8)14(11)26-15)12-5-9(17)2-3-10(12)16(18,19)20;1-2;/h2-3,5,21H,4,6H2,1H3,(H,22,23,25);1-2H3;1H. The van der Waals surface area contributed by atoms with Crippen LogP contribution in [0, 0.1) is 5.82 Å². The van der Waals surface area contributed by atoms with Crippen molar-refractivity contribution < 1.29 is 23.8 Å². The van der Waals surface area contributed by atoms with Gasteiger partial charge in [-0.05, 0) is 23.8 Å². The maximum Gasteiger partial charge on any atom is 0.418 e. The first kappa shape index (κ1) is 20.3. The van der Waals surface area contributed by atoms with Crippen molar-refractivity contribution in [3.8, 4) is 0 Å². The maximum absolute atomic E-state index is 13.7. The number of halogens is 4. The van der Waals surface area contributed by atoms with E-state index in [-0.39, 0.29) is 13.0 Å². The van der Waals surface area contributed by atoms with E-state index in [4.69, 9.17) is 0 Å². The van der Waals surface area contributed by atoms with Crippen LogP contribution >= 0.6 is 11.3 Å². The summed E-state index contributed by atoms with van der Waals surface area (Å²) in [7, 11) is 0. The smallest absolute Gasteiger partial charge is 0.302 e. The Bertz CT molecular complexity index is 958. The average molecular weight is 416 g/mol. The molecule has 1 amide bonds. The van der Waals surface area contributed by atoms with E-state index in [9.17, 15) is 22.4 Å². The summed E-state index contributed by atoms with van der Waals surface area (Å²) in [6.07, 6.45) is -4.15. The van der Waals surface area contributed by atoms with Crippen molar-refractivity contribution in [3.05, 3.63) is 45.7 Å². The number of aromatic nitrogens is 1. The highest BCUT2D eigenvalue weighted by Gasteiger charge is 2.40. The number of anilines is 2. The Balaban J connectivity index is 0.000000970. The van der Waals surface area contributed by atoms with Gasteiger partial charge in [-0.15, -0.1) is 0 Å². The first-order chi connectivity index (χ1) is 13.2. The molecule has 1 aliphatic heterocycles. The van der Waals surface area contributed by atoms with Gasteiger partial charge < -0.3 is 5.32 Å². The molecule has 5 nitrogen and oxygen atoms in total. The van der Waals surface area contributed by atoms with Gasteiger partial charge >= 0.3 is 6.18 Å². The summed E-state index contributed by atoms with van der Waals surface area (Å²) in [5.41, 5.74) is 3.78. The molecule has 1 aromatic carbocycles. The minimum atomic E-state index is -4.62. The quantitative estimate of drug-likeness (QED) is 0.689. The van der Waals surface area contributed by atoms with E-state index in [1.807, 2.05) is 13.8 Å². The maximum atomic E-state index is 13.7. The molecule has 152 valence electrons. The first-order valence-electron chi connectivity index (χ1n) is 8.64. The first-order valence-corrected chi connectivity index (χ1v) is 9.46. The molecule has 1 aliphatic carbocycles. The van der Waals surface area contributed by atoms with Crippen molar-refractivity contribution in [2.45, 2.75) is 33.4 Å². The number of thiazole rings is 1. The number of alkyl halides is 3. The van der Waals surface area contributed by atoms with Gasteiger partial charge in [0.2, 0.25) is 5.91 Å². The summed E-state index contributed by atoms with van der Waals surface area (Å²) in [6.45, 7) is 5.70. The van der Waals surface area contributed by atoms with Crippen LogP contribution in [0.3, 0.4) is 0 Å². The highest BCUT2D eigenvalue weighted by molar-refractivity contribution is 7.17. The molecule has 0 saturated heterocycles. The fourth-order valence-electron chi connectivity index (χ4n) is 3.10. The predicted octanol–water partition coefficient (Wildman–Crippen LogP) is 4.82. The SMILES string of the molecule is CC.CC(=O)Nc1nc2c(s1)C1=C(CNN1c1cc(F)ccc1C(F)(F)F)C2.[HH]. The Morgan fingerprint density at radius 2 is 2.07 bits per heavy atom. The lowest BCUT2D eigenvalue weighted by molar-refractivity contribution is -0.137. The van der Waals surface area contributed by atoms with Crippen molar-refractivity contribution in [1.82, 2.24) is 10.4 Å². The van der Waals surface area contributed by atoms with Gasteiger partial charge in [0.25, 0.3) is 0 Å². The molecule has 10 heteroatoms. The van der Waals surface area contributed by atoms with Gasteiger partial charge in [-0.3, -0.25) is 9.80 Å². The second-order valence-electron chi connectivity index (χ2n) is 5.93. The lowest BCUT2D eigenvalue weighted by Gasteiger charge is -2.25. The minimum absolute atomic E-state index is 0. The minimum Gasteiger partial charge on any atom is -0.302 e. The van der Waals surface area contributed by atoms with E-state index in [0.29, 0.717) is 34.4 Å². The second kappa shape index (κ2) is 7.51. The molecule has 0 spiro atoms. The van der Waals surface area contributed by atoms with Crippen LogP contribution in [0.25, 0.3) is 5.70 Å². The lowest BCUT2D eigenvalue weighted by Crippen LogP contribution is -2.33. The number of carbonyl (C=O) groups is 1. The molecule has 2 aliphatic rings.